The Morgan fingerprint density at radius 2 is 1.76 bits per heavy atom. The summed E-state index contributed by atoms with van der Waals surface area (Å²) in [6.07, 6.45) is 7.88. The standard InChI is InChI=1S/C21H34N2OS/c1-21(2,3)25-23-18-11-9-16(10-12-18)14-22-19-5-4-6-20(13-19)24-15-17-7-8-17/h4-6,13,16-18,22-23H,7-12,14-15H2,1-3H3/t16-,18-. The molecule has 0 aromatic heterocycles. The van der Waals surface area contributed by atoms with Gasteiger partial charge in [-0.05, 0) is 83.3 Å². The van der Waals surface area contributed by atoms with E-state index in [1.165, 1.54) is 44.2 Å². The molecule has 2 fully saturated rings. The van der Waals surface area contributed by atoms with Gasteiger partial charge in [0.1, 0.15) is 5.75 Å². The van der Waals surface area contributed by atoms with Gasteiger partial charge in [0.25, 0.3) is 0 Å². The Kier molecular flexibility index (Phi) is 6.56. The van der Waals surface area contributed by atoms with Crippen molar-refractivity contribution in [1.82, 2.24) is 4.72 Å². The van der Waals surface area contributed by atoms with Crippen LogP contribution in [-0.4, -0.2) is 23.9 Å². The number of hydrogen-bond donors (Lipinski definition) is 2. The van der Waals surface area contributed by atoms with Gasteiger partial charge in [0, 0.05) is 29.1 Å². The van der Waals surface area contributed by atoms with Crippen LogP contribution in [0.1, 0.15) is 59.3 Å². The summed E-state index contributed by atoms with van der Waals surface area (Å²) in [6, 6.07) is 9.14. The molecule has 2 aliphatic carbocycles. The maximum atomic E-state index is 5.88. The zero-order valence-electron chi connectivity index (χ0n) is 16.0. The summed E-state index contributed by atoms with van der Waals surface area (Å²) < 4.78 is 9.85. The Hall–Kier alpha value is -0.870. The van der Waals surface area contributed by atoms with Crippen LogP contribution in [0.2, 0.25) is 0 Å². The molecule has 2 N–H and O–H groups in total. The Bertz CT molecular complexity index is 531. The molecule has 3 rings (SSSR count). The minimum Gasteiger partial charge on any atom is -0.493 e. The Balaban J connectivity index is 1.35. The lowest BCUT2D eigenvalue weighted by Gasteiger charge is -2.31. The van der Waals surface area contributed by atoms with Gasteiger partial charge in [0.05, 0.1) is 6.61 Å². The Labute approximate surface area is 157 Å². The SMILES string of the molecule is CC(C)(C)SN[C@H]1CC[C@H](CNc2cccc(OCC3CC3)c2)CC1. The highest BCUT2D eigenvalue weighted by Gasteiger charge is 2.23. The molecule has 0 radical (unpaired) electrons. The lowest BCUT2D eigenvalue weighted by Crippen LogP contribution is -2.33. The predicted octanol–water partition coefficient (Wildman–Crippen LogP) is 5.48. The molecule has 0 aliphatic heterocycles. The maximum Gasteiger partial charge on any atom is 0.121 e. The fraction of sp³-hybridized carbons (Fsp3) is 0.714. The van der Waals surface area contributed by atoms with Gasteiger partial charge in [0.2, 0.25) is 0 Å². The van der Waals surface area contributed by atoms with Crippen molar-refractivity contribution in [3.8, 4) is 5.75 Å². The fourth-order valence-electron chi connectivity index (χ4n) is 3.20. The van der Waals surface area contributed by atoms with E-state index in [0.717, 1.165) is 30.7 Å². The van der Waals surface area contributed by atoms with E-state index in [4.69, 9.17) is 4.74 Å². The largest absolute Gasteiger partial charge is 0.493 e. The monoisotopic (exact) mass is 362 g/mol. The molecular formula is C21H34N2OS. The van der Waals surface area contributed by atoms with Crippen LogP contribution < -0.4 is 14.8 Å². The summed E-state index contributed by atoms with van der Waals surface area (Å²) in [5, 5.41) is 3.62. The molecule has 140 valence electrons. The summed E-state index contributed by atoms with van der Waals surface area (Å²) in [7, 11) is 0. The molecule has 2 saturated carbocycles. The number of ether oxygens (including phenoxy) is 1. The van der Waals surface area contributed by atoms with Crippen LogP contribution in [0.15, 0.2) is 24.3 Å². The second-order valence-electron chi connectivity index (χ2n) is 8.71. The van der Waals surface area contributed by atoms with Gasteiger partial charge in [-0.15, -0.1) is 0 Å². The molecule has 4 heteroatoms. The van der Waals surface area contributed by atoms with Crippen molar-refractivity contribution >= 4 is 17.6 Å². The van der Waals surface area contributed by atoms with E-state index in [1.807, 2.05) is 11.9 Å². The van der Waals surface area contributed by atoms with Crippen molar-refractivity contribution in [3.05, 3.63) is 24.3 Å². The first-order valence-corrected chi connectivity index (χ1v) is 10.7. The molecule has 1 aromatic rings. The second-order valence-corrected chi connectivity index (χ2v) is 10.4. The van der Waals surface area contributed by atoms with Crippen LogP contribution in [0.4, 0.5) is 5.69 Å². The molecule has 1 aromatic carbocycles. The van der Waals surface area contributed by atoms with Crippen LogP contribution in [0, 0.1) is 11.8 Å². The summed E-state index contributed by atoms with van der Waals surface area (Å²) in [5.74, 6) is 2.59. The number of rotatable bonds is 8. The number of nitrogens with one attached hydrogen (secondary N) is 2. The first-order chi connectivity index (χ1) is 12.0. The van der Waals surface area contributed by atoms with Gasteiger partial charge < -0.3 is 10.1 Å². The molecule has 0 amide bonds. The van der Waals surface area contributed by atoms with Gasteiger partial charge in [-0.25, -0.2) is 0 Å². The molecule has 0 unspecified atom stereocenters. The third-order valence-electron chi connectivity index (χ3n) is 4.99. The quantitative estimate of drug-likeness (QED) is 0.600. The molecular weight excluding hydrogens is 328 g/mol. The van der Waals surface area contributed by atoms with E-state index in [0.29, 0.717) is 10.8 Å². The Morgan fingerprint density at radius 3 is 2.44 bits per heavy atom. The zero-order valence-corrected chi connectivity index (χ0v) is 16.8. The van der Waals surface area contributed by atoms with Crippen molar-refractivity contribution in [2.45, 2.75) is 70.1 Å². The average Bonchev–Trinajstić information content (AvgIpc) is 3.41. The van der Waals surface area contributed by atoms with Crippen molar-refractivity contribution in [1.29, 1.82) is 0 Å². The second kappa shape index (κ2) is 8.68. The van der Waals surface area contributed by atoms with E-state index < -0.39 is 0 Å². The maximum absolute atomic E-state index is 5.88. The van der Waals surface area contributed by atoms with E-state index in [1.54, 1.807) is 0 Å². The highest BCUT2D eigenvalue weighted by atomic mass is 32.2. The van der Waals surface area contributed by atoms with Crippen LogP contribution in [0.3, 0.4) is 0 Å². The lowest BCUT2D eigenvalue weighted by molar-refractivity contribution is 0.300. The lowest BCUT2D eigenvalue weighted by atomic mass is 9.86. The van der Waals surface area contributed by atoms with Crippen LogP contribution >= 0.6 is 11.9 Å². The normalized spacial score (nSPS) is 24.1. The average molecular weight is 363 g/mol. The van der Waals surface area contributed by atoms with E-state index in [-0.39, 0.29) is 0 Å². The van der Waals surface area contributed by atoms with Crippen LogP contribution in [0.25, 0.3) is 0 Å². The predicted molar refractivity (Wildman–Crippen MR) is 109 cm³/mol. The Morgan fingerprint density at radius 1 is 1.04 bits per heavy atom. The molecule has 3 nitrogen and oxygen atoms in total. The van der Waals surface area contributed by atoms with Crippen molar-refractivity contribution < 1.29 is 4.74 Å². The number of benzene rings is 1. The molecule has 0 atom stereocenters. The smallest absolute Gasteiger partial charge is 0.121 e. The highest BCUT2D eigenvalue weighted by Crippen LogP contribution is 2.31. The van der Waals surface area contributed by atoms with E-state index in [9.17, 15) is 0 Å². The van der Waals surface area contributed by atoms with Gasteiger partial charge in [0.15, 0.2) is 0 Å². The highest BCUT2D eigenvalue weighted by molar-refractivity contribution is 7.98. The topological polar surface area (TPSA) is 33.3 Å². The summed E-state index contributed by atoms with van der Waals surface area (Å²) >= 11 is 1.88. The third kappa shape index (κ3) is 7.10. The van der Waals surface area contributed by atoms with Crippen molar-refractivity contribution in [2.75, 3.05) is 18.5 Å². The third-order valence-corrected chi connectivity index (χ3v) is 6.05. The summed E-state index contributed by atoms with van der Waals surface area (Å²) in [5.41, 5.74) is 1.19. The van der Waals surface area contributed by atoms with Crippen LogP contribution in [0.5, 0.6) is 5.75 Å². The number of hydrogen-bond acceptors (Lipinski definition) is 4. The molecule has 0 bridgehead atoms. The molecule has 2 aliphatic rings. The first-order valence-electron chi connectivity index (χ1n) is 9.88. The van der Waals surface area contributed by atoms with Gasteiger partial charge >= 0.3 is 0 Å². The minimum atomic E-state index is 0.297. The first kappa shape index (κ1) is 18.9. The van der Waals surface area contributed by atoms with Gasteiger partial charge in [-0.1, -0.05) is 18.0 Å². The van der Waals surface area contributed by atoms with E-state index >= 15 is 0 Å². The van der Waals surface area contributed by atoms with Gasteiger partial charge in [-0.3, -0.25) is 4.72 Å². The molecule has 0 heterocycles. The molecule has 0 saturated heterocycles. The minimum absolute atomic E-state index is 0.297. The van der Waals surface area contributed by atoms with Gasteiger partial charge in [-0.2, -0.15) is 0 Å². The fourth-order valence-corrected chi connectivity index (χ4v) is 3.96. The van der Waals surface area contributed by atoms with E-state index in [2.05, 4.69) is 55.1 Å². The van der Waals surface area contributed by atoms with Crippen molar-refractivity contribution in [2.24, 2.45) is 11.8 Å². The zero-order chi connectivity index (χ0) is 17.7. The molecule has 0 spiro atoms. The number of anilines is 1. The van der Waals surface area contributed by atoms with Crippen molar-refractivity contribution in [3.63, 3.8) is 0 Å². The summed E-state index contributed by atoms with van der Waals surface area (Å²) in [4.78, 5) is 0. The van der Waals surface area contributed by atoms with Crippen LogP contribution in [-0.2, 0) is 0 Å². The molecule has 25 heavy (non-hydrogen) atoms. The summed E-state index contributed by atoms with van der Waals surface area (Å²) in [6.45, 7) is 8.76.